The molecule has 0 spiro atoms. The molecule has 1 aromatic rings. The third kappa shape index (κ3) is 4.81. The molecule has 270 valence electrons. The number of carbonyl (C=O) groups excluding carboxylic acids is 2. The summed E-state index contributed by atoms with van der Waals surface area (Å²) in [6.45, 7) is 7.37. The Hall–Kier alpha value is -2.34. The van der Waals surface area contributed by atoms with Crippen LogP contribution in [0.1, 0.15) is 96.1 Å². The van der Waals surface area contributed by atoms with E-state index in [0.29, 0.717) is 48.2 Å². The number of hydroxylamine groups is 2. The first-order valence-corrected chi connectivity index (χ1v) is 19.4. The second kappa shape index (κ2) is 11.1. The van der Waals surface area contributed by atoms with E-state index in [2.05, 4.69) is 56.4 Å². The van der Waals surface area contributed by atoms with Crippen LogP contribution >= 0.6 is 0 Å². The van der Waals surface area contributed by atoms with E-state index in [1.807, 2.05) is 0 Å². The highest BCUT2D eigenvalue weighted by Gasteiger charge is 2.78. The summed E-state index contributed by atoms with van der Waals surface area (Å²) in [7, 11) is 0. The number of rotatable bonds is 8. The predicted molar refractivity (Wildman–Crippen MR) is 181 cm³/mol. The number of esters is 1. The number of benzene rings is 1. The van der Waals surface area contributed by atoms with Crippen LogP contribution in [0.5, 0.6) is 0 Å². The normalized spacial score (nSPS) is 44.5. The number of epoxide rings is 1. The van der Waals surface area contributed by atoms with Crippen molar-refractivity contribution < 1.29 is 38.5 Å². The van der Waals surface area contributed by atoms with Crippen molar-refractivity contribution in [1.82, 2.24) is 10.4 Å². The van der Waals surface area contributed by atoms with Crippen molar-refractivity contribution >= 4 is 18.0 Å². The van der Waals surface area contributed by atoms with Gasteiger partial charge in [-0.1, -0.05) is 49.8 Å². The van der Waals surface area contributed by atoms with Gasteiger partial charge in [0.2, 0.25) is 5.91 Å². The Kier molecular flexibility index (Phi) is 7.17. The first-order chi connectivity index (χ1) is 24.0. The van der Waals surface area contributed by atoms with Crippen molar-refractivity contribution in [3.05, 3.63) is 41.0 Å². The van der Waals surface area contributed by atoms with Crippen LogP contribution in [0.3, 0.4) is 0 Å². The molecule has 10 rings (SSSR count). The third-order valence-corrected chi connectivity index (χ3v) is 14.4. The number of nitrogens with zero attached hydrogens (tertiary/aromatic N) is 1. The van der Waals surface area contributed by atoms with Gasteiger partial charge in [-0.2, -0.15) is 5.06 Å². The molecule has 10 atom stereocenters. The van der Waals surface area contributed by atoms with Gasteiger partial charge < -0.3 is 29.4 Å². The van der Waals surface area contributed by atoms with Gasteiger partial charge in [0.15, 0.2) is 11.8 Å². The number of carbonyl (C=O) groups is 2. The molecular weight excluding hydrogens is 636 g/mol. The molecular formula is C40H52N2O8. The molecule has 0 radical (unpaired) electrons. The molecule has 5 saturated carbocycles. The highest BCUT2D eigenvalue weighted by Crippen LogP contribution is 2.64. The van der Waals surface area contributed by atoms with Crippen LogP contribution in [0.2, 0.25) is 0 Å². The van der Waals surface area contributed by atoms with Gasteiger partial charge in [-0.25, -0.2) is 0 Å². The van der Waals surface area contributed by atoms with Crippen molar-refractivity contribution in [2.75, 3.05) is 13.2 Å². The van der Waals surface area contributed by atoms with Gasteiger partial charge in [0.05, 0.1) is 24.9 Å². The number of allylic oxidation sites excluding steroid dienone is 1. The average molecular weight is 689 g/mol. The number of ether oxygens (including phenoxy) is 4. The molecule has 4 aliphatic heterocycles. The molecule has 9 fully saturated rings. The van der Waals surface area contributed by atoms with Crippen molar-refractivity contribution in [3.8, 4) is 0 Å². The second-order valence-electron chi connectivity index (χ2n) is 18.0. The van der Waals surface area contributed by atoms with E-state index in [0.717, 1.165) is 50.5 Å². The molecule has 10 heteroatoms. The summed E-state index contributed by atoms with van der Waals surface area (Å²) in [5, 5.41) is 14.1. The lowest BCUT2D eigenvalue weighted by molar-refractivity contribution is -0.235. The molecule has 0 aromatic heterocycles. The fourth-order valence-corrected chi connectivity index (χ4v) is 11.3. The van der Waals surface area contributed by atoms with Crippen molar-refractivity contribution in [1.29, 1.82) is 0 Å². The van der Waals surface area contributed by atoms with Crippen LogP contribution in [-0.4, -0.2) is 83.1 Å². The standard InChI is InChI=1S/C40H52N2O8/c1-37(2)19-27-24(8-13-30-38(3,47-30)15-14-28(27)37)18-22-4-6-23(7-5-22)21-42-33-35(44)46-29-20-39(33,36(45)41-16-17-43)34(50-42)32-31(29)48-40(49-32,25-9-10-25)26-11-12-26/h4-7,18,25-34,43H,8-17,19-21H2,1-3H3,(H,41,45)/t27-,28-,29-,30?,31+,32+,33+,34-,38-,39+/m1/s1. The lowest BCUT2D eigenvalue weighted by Gasteiger charge is -2.53. The highest BCUT2D eigenvalue weighted by atomic mass is 16.8. The molecule has 50 heavy (non-hydrogen) atoms. The van der Waals surface area contributed by atoms with E-state index in [9.17, 15) is 14.7 Å². The number of aliphatic hydroxyl groups excluding tert-OH is 1. The molecule has 9 aliphatic rings. The Morgan fingerprint density at radius 2 is 1.72 bits per heavy atom. The molecule has 4 saturated heterocycles. The molecule has 10 nitrogen and oxygen atoms in total. The van der Waals surface area contributed by atoms with E-state index in [4.69, 9.17) is 23.8 Å². The molecule has 2 N–H and O–H groups in total. The van der Waals surface area contributed by atoms with E-state index < -0.39 is 47.6 Å². The van der Waals surface area contributed by atoms with Crippen LogP contribution in [0.25, 0.3) is 6.08 Å². The number of hydrogen-bond acceptors (Lipinski definition) is 9. The Labute approximate surface area is 294 Å². The smallest absolute Gasteiger partial charge is 0.327 e. The van der Waals surface area contributed by atoms with Gasteiger partial charge >= 0.3 is 5.97 Å². The number of nitrogens with one attached hydrogen (secondary N) is 1. The van der Waals surface area contributed by atoms with Crippen LogP contribution in [0, 0.1) is 34.5 Å². The lowest BCUT2D eigenvalue weighted by Crippen LogP contribution is -2.69. The highest BCUT2D eigenvalue weighted by molar-refractivity contribution is 5.93. The zero-order valence-corrected chi connectivity index (χ0v) is 29.6. The molecule has 1 amide bonds. The summed E-state index contributed by atoms with van der Waals surface area (Å²) in [4.78, 5) is 34.8. The van der Waals surface area contributed by atoms with Gasteiger partial charge in [0.1, 0.15) is 29.8 Å². The van der Waals surface area contributed by atoms with Crippen LogP contribution in [-0.2, 0) is 39.9 Å². The van der Waals surface area contributed by atoms with E-state index in [1.54, 1.807) is 10.6 Å². The Morgan fingerprint density at radius 1 is 0.980 bits per heavy atom. The Morgan fingerprint density at radius 3 is 2.42 bits per heavy atom. The molecule has 4 heterocycles. The number of hydrogen-bond donors (Lipinski definition) is 2. The third-order valence-electron chi connectivity index (χ3n) is 14.4. The molecule has 5 aliphatic carbocycles. The lowest BCUT2D eigenvalue weighted by atomic mass is 9.52. The average Bonchev–Trinajstić information content (AvgIpc) is 4.03. The minimum atomic E-state index is -1.21. The summed E-state index contributed by atoms with van der Waals surface area (Å²) in [5.41, 5.74) is 2.94. The fourth-order valence-electron chi connectivity index (χ4n) is 11.3. The zero-order valence-electron chi connectivity index (χ0n) is 29.6. The minimum Gasteiger partial charge on any atom is -0.458 e. The Bertz CT molecular complexity index is 1590. The van der Waals surface area contributed by atoms with Crippen LogP contribution in [0.15, 0.2) is 29.8 Å². The van der Waals surface area contributed by atoms with E-state index in [-0.39, 0.29) is 24.7 Å². The maximum absolute atomic E-state index is 14.1. The zero-order chi connectivity index (χ0) is 34.2. The minimum absolute atomic E-state index is 0.0710. The number of fused-ring (bicyclic) bond motifs is 6. The summed E-state index contributed by atoms with van der Waals surface area (Å²) < 4.78 is 26.0. The molecule has 1 unspecified atom stereocenters. The van der Waals surface area contributed by atoms with Crippen molar-refractivity contribution in [2.24, 2.45) is 34.5 Å². The van der Waals surface area contributed by atoms with E-state index >= 15 is 0 Å². The molecule has 2 bridgehead atoms. The number of aliphatic hydroxyl groups is 1. The van der Waals surface area contributed by atoms with Gasteiger partial charge in [-0.3, -0.25) is 14.4 Å². The topological polar surface area (TPSA) is 119 Å². The van der Waals surface area contributed by atoms with Gasteiger partial charge in [-0.15, -0.1) is 0 Å². The van der Waals surface area contributed by atoms with Crippen LogP contribution < -0.4 is 5.32 Å². The predicted octanol–water partition coefficient (Wildman–Crippen LogP) is 4.67. The van der Waals surface area contributed by atoms with Crippen molar-refractivity contribution in [3.63, 3.8) is 0 Å². The van der Waals surface area contributed by atoms with E-state index in [1.165, 1.54) is 18.4 Å². The van der Waals surface area contributed by atoms with Crippen molar-refractivity contribution in [2.45, 2.75) is 139 Å². The first-order valence-electron chi connectivity index (χ1n) is 19.4. The number of amides is 1. The maximum atomic E-state index is 14.1. The fraction of sp³-hybridized carbons (Fsp3) is 0.750. The van der Waals surface area contributed by atoms with Crippen LogP contribution in [0.4, 0.5) is 0 Å². The SMILES string of the molecule is CC1(C)C[C@@H]2C(=Cc3ccc(CN4O[C@@H]5[C@H]6OC(C7CC7)(C7CC7)O[C@H]6[C@H]6C[C@]5(C(=O)NCCO)[C@@H]4C(=O)O6)cc3)CCC3O[C@]3(C)CC[C@H]21. The molecule has 1 aromatic carbocycles. The van der Waals surface area contributed by atoms with Gasteiger partial charge in [-0.05, 0) is 93.1 Å². The quantitative estimate of drug-likeness (QED) is 0.297. The summed E-state index contributed by atoms with van der Waals surface area (Å²) >= 11 is 0. The monoisotopic (exact) mass is 688 g/mol. The second-order valence-corrected chi connectivity index (χ2v) is 18.0. The first kappa shape index (κ1) is 32.3. The largest absolute Gasteiger partial charge is 0.458 e. The summed E-state index contributed by atoms with van der Waals surface area (Å²) in [6.07, 6.45) is 10.8. The summed E-state index contributed by atoms with van der Waals surface area (Å²) in [6, 6.07) is 7.61. The van der Waals surface area contributed by atoms with Gasteiger partial charge in [0, 0.05) is 24.8 Å². The Balaban J connectivity index is 0.921. The maximum Gasteiger partial charge on any atom is 0.327 e. The van der Waals surface area contributed by atoms with Gasteiger partial charge in [0.25, 0.3) is 0 Å². The summed E-state index contributed by atoms with van der Waals surface area (Å²) in [5.74, 6) is 0.527.